The van der Waals surface area contributed by atoms with Gasteiger partial charge in [-0.1, -0.05) is 15.9 Å². The zero-order valence-corrected chi connectivity index (χ0v) is 13.2. The minimum Gasteiger partial charge on any atom is -0.496 e. The van der Waals surface area contributed by atoms with E-state index < -0.39 is 0 Å². The summed E-state index contributed by atoms with van der Waals surface area (Å²) >= 11 is 3.37. The number of halogens is 2. The molecule has 0 spiro atoms. The Hall–Kier alpha value is -0.780. The van der Waals surface area contributed by atoms with Crippen molar-refractivity contribution in [3.8, 4) is 5.75 Å². The molecule has 1 aliphatic rings. The van der Waals surface area contributed by atoms with Gasteiger partial charge in [0.25, 0.3) is 5.91 Å². The van der Waals surface area contributed by atoms with E-state index in [1.54, 1.807) is 24.1 Å². The maximum Gasteiger partial charge on any atom is 0.257 e. The number of hydrogen-bond acceptors (Lipinski definition) is 3. The van der Waals surface area contributed by atoms with Gasteiger partial charge in [-0.15, -0.1) is 12.4 Å². The lowest BCUT2D eigenvalue weighted by atomic mass is 10.0. The van der Waals surface area contributed by atoms with Crippen LogP contribution < -0.4 is 10.5 Å². The summed E-state index contributed by atoms with van der Waals surface area (Å²) in [4.78, 5) is 14.2. The van der Waals surface area contributed by atoms with Crippen LogP contribution in [0.3, 0.4) is 0 Å². The van der Waals surface area contributed by atoms with Gasteiger partial charge in [0.1, 0.15) is 5.75 Å². The van der Waals surface area contributed by atoms with Gasteiger partial charge < -0.3 is 15.4 Å². The van der Waals surface area contributed by atoms with E-state index in [2.05, 4.69) is 15.9 Å². The van der Waals surface area contributed by atoms with Crippen molar-refractivity contribution in [2.75, 3.05) is 20.2 Å². The summed E-state index contributed by atoms with van der Waals surface area (Å²) in [6.45, 7) is 1.39. The topological polar surface area (TPSA) is 55.6 Å². The van der Waals surface area contributed by atoms with Crippen LogP contribution in [0.15, 0.2) is 22.7 Å². The highest BCUT2D eigenvalue weighted by atomic mass is 79.9. The number of carbonyl (C=O) groups excluding carboxylic acids is 1. The first kappa shape index (κ1) is 16.3. The van der Waals surface area contributed by atoms with E-state index in [4.69, 9.17) is 10.5 Å². The smallest absolute Gasteiger partial charge is 0.257 e. The quantitative estimate of drug-likeness (QED) is 0.892. The summed E-state index contributed by atoms with van der Waals surface area (Å²) < 4.78 is 6.15. The third-order valence-electron chi connectivity index (χ3n) is 3.14. The summed E-state index contributed by atoms with van der Waals surface area (Å²) in [5.74, 6) is 0.586. The molecule has 1 amide bonds. The highest BCUT2D eigenvalue weighted by molar-refractivity contribution is 9.10. The van der Waals surface area contributed by atoms with Crippen LogP contribution in [0.2, 0.25) is 0 Å². The van der Waals surface area contributed by atoms with Gasteiger partial charge in [-0.2, -0.15) is 0 Å². The van der Waals surface area contributed by atoms with Crippen LogP contribution in [-0.4, -0.2) is 37.0 Å². The summed E-state index contributed by atoms with van der Waals surface area (Å²) in [6, 6.07) is 5.52. The Labute approximate surface area is 127 Å². The van der Waals surface area contributed by atoms with Crippen LogP contribution in [0, 0.1) is 0 Å². The molecule has 6 heteroatoms. The molecule has 0 aliphatic carbocycles. The molecule has 2 rings (SSSR count). The van der Waals surface area contributed by atoms with E-state index in [9.17, 15) is 4.79 Å². The number of likely N-dealkylation sites (tertiary alicyclic amines) is 1. The molecule has 0 radical (unpaired) electrons. The molecule has 1 atom stereocenters. The van der Waals surface area contributed by atoms with Crippen LogP contribution in [0.1, 0.15) is 23.2 Å². The van der Waals surface area contributed by atoms with E-state index in [0.29, 0.717) is 17.9 Å². The second kappa shape index (κ2) is 7.12. The normalized spacial score (nSPS) is 18.7. The molecule has 1 fully saturated rings. The number of hydrogen-bond donors (Lipinski definition) is 1. The summed E-state index contributed by atoms with van der Waals surface area (Å²) in [5, 5.41) is 0. The molecule has 2 N–H and O–H groups in total. The van der Waals surface area contributed by atoms with Crippen molar-refractivity contribution in [2.45, 2.75) is 18.9 Å². The average Bonchev–Trinajstić information content (AvgIpc) is 2.37. The molecule has 1 saturated heterocycles. The minimum absolute atomic E-state index is 0. The van der Waals surface area contributed by atoms with Gasteiger partial charge in [0.15, 0.2) is 0 Å². The molecule has 1 aliphatic heterocycles. The number of methoxy groups -OCH3 is 1. The fourth-order valence-electron chi connectivity index (χ4n) is 2.21. The zero-order chi connectivity index (χ0) is 13.1. The van der Waals surface area contributed by atoms with Gasteiger partial charge in [0, 0.05) is 23.6 Å². The average molecular weight is 350 g/mol. The third kappa shape index (κ3) is 3.84. The first-order valence-electron chi connectivity index (χ1n) is 6.00. The van der Waals surface area contributed by atoms with E-state index in [0.717, 1.165) is 23.9 Å². The molecule has 106 valence electrons. The number of piperidine rings is 1. The van der Waals surface area contributed by atoms with E-state index in [1.807, 2.05) is 6.07 Å². The maximum absolute atomic E-state index is 12.4. The van der Waals surface area contributed by atoms with Gasteiger partial charge in [0.2, 0.25) is 0 Å². The second-order valence-electron chi connectivity index (χ2n) is 4.50. The molecule has 1 heterocycles. The molecule has 0 bridgehead atoms. The van der Waals surface area contributed by atoms with Crippen LogP contribution in [0.5, 0.6) is 5.75 Å². The summed E-state index contributed by atoms with van der Waals surface area (Å²) in [6.07, 6.45) is 1.95. The Bertz CT molecular complexity index is 456. The van der Waals surface area contributed by atoms with Crippen LogP contribution in [0.25, 0.3) is 0 Å². The Morgan fingerprint density at radius 3 is 2.89 bits per heavy atom. The van der Waals surface area contributed by atoms with Gasteiger partial charge in [-0.25, -0.2) is 0 Å². The molecular formula is C13H18BrClN2O2. The Kier molecular flexibility index (Phi) is 6.10. The number of amides is 1. The van der Waals surface area contributed by atoms with Gasteiger partial charge in [-0.05, 0) is 31.0 Å². The first-order chi connectivity index (χ1) is 8.61. The number of nitrogens with two attached hydrogens (primary N) is 1. The Morgan fingerprint density at radius 2 is 2.26 bits per heavy atom. The van der Waals surface area contributed by atoms with Gasteiger partial charge in [0.05, 0.1) is 12.7 Å². The van der Waals surface area contributed by atoms with Gasteiger partial charge >= 0.3 is 0 Å². The van der Waals surface area contributed by atoms with Crippen LogP contribution >= 0.6 is 28.3 Å². The van der Waals surface area contributed by atoms with Gasteiger partial charge in [-0.3, -0.25) is 4.79 Å². The lowest BCUT2D eigenvalue weighted by molar-refractivity contribution is 0.0705. The first-order valence-corrected chi connectivity index (χ1v) is 6.79. The number of rotatable bonds is 2. The minimum atomic E-state index is -0.00509. The van der Waals surface area contributed by atoms with E-state index in [-0.39, 0.29) is 24.4 Å². The van der Waals surface area contributed by atoms with E-state index >= 15 is 0 Å². The molecule has 1 unspecified atom stereocenters. The number of ether oxygens (including phenoxy) is 1. The molecule has 0 aromatic heterocycles. The van der Waals surface area contributed by atoms with E-state index in [1.165, 1.54) is 0 Å². The lowest BCUT2D eigenvalue weighted by Gasteiger charge is -2.31. The van der Waals surface area contributed by atoms with Crippen molar-refractivity contribution in [2.24, 2.45) is 5.73 Å². The zero-order valence-electron chi connectivity index (χ0n) is 10.8. The van der Waals surface area contributed by atoms with Crippen molar-refractivity contribution < 1.29 is 9.53 Å². The molecule has 1 aromatic rings. The van der Waals surface area contributed by atoms with Crippen molar-refractivity contribution in [1.82, 2.24) is 4.90 Å². The lowest BCUT2D eigenvalue weighted by Crippen LogP contribution is -2.45. The molecule has 4 nitrogen and oxygen atoms in total. The third-order valence-corrected chi connectivity index (χ3v) is 3.63. The predicted molar refractivity (Wildman–Crippen MR) is 81.1 cm³/mol. The fraction of sp³-hybridized carbons (Fsp3) is 0.462. The number of nitrogens with zero attached hydrogens (tertiary/aromatic N) is 1. The monoisotopic (exact) mass is 348 g/mol. The Balaban J connectivity index is 0.00000180. The van der Waals surface area contributed by atoms with Crippen molar-refractivity contribution in [1.29, 1.82) is 0 Å². The van der Waals surface area contributed by atoms with Crippen molar-refractivity contribution >= 4 is 34.2 Å². The van der Waals surface area contributed by atoms with Crippen LogP contribution in [-0.2, 0) is 0 Å². The largest absolute Gasteiger partial charge is 0.496 e. The molecular weight excluding hydrogens is 332 g/mol. The highest BCUT2D eigenvalue weighted by Crippen LogP contribution is 2.25. The maximum atomic E-state index is 12.4. The fourth-order valence-corrected chi connectivity index (χ4v) is 2.55. The molecule has 1 aromatic carbocycles. The molecule has 19 heavy (non-hydrogen) atoms. The SMILES string of the molecule is COc1cc(Br)ccc1C(=O)N1CCCC(N)C1.Cl. The highest BCUT2D eigenvalue weighted by Gasteiger charge is 2.24. The number of benzene rings is 1. The predicted octanol–water partition coefficient (Wildman–Crippen LogP) is 2.44. The Morgan fingerprint density at radius 1 is 1.53 bits per heavy atom. The second-order valence-corrected chi connectivity index (χ2v) is 5.41. The van der Waals surface area contributed by atoms with Crippen molar-refractivity contribution in [3.05, 3.63) is 28.2 Å². The molecule has 0 saturated carbocycles. The van der Waals surface area contributed by atoms with Crippen molar-refractivity contribution in [3.63, 3.8) is 0 Å². The van der Waals surface area contributed by atoms with Crippen LogP contribution in [0.4, 0.5) is 0 Å². The summed E-state index contributed by atoms with van der Waals surface area (Å²) in [7, 11) is 1.57. The standard InChI is InChI=1S/C13H17BrN2O2.ClH/c1-18-12-7-9(14)4-5-11(12)13(17)16-6-2-3-10(15)8-16;/h4-5,7,10H,2-3,6,8,15H2,1H3;1H. The summed E-state index contributed by atoms with van der Waals surface area (Å²) in [5.41, 5.74) is 6.50. The number of carbonyl (C=O) groups is 1.